The van der Waals surface area contributed by atoms with Gasteiger partial charge >= 0.3 is 0 Å². The maximum atomic E-state index is 5.31. The molecule has 0 amide bonds. The molecule has 1 atom stereocenters. The average molecular weight is 135 g/mol. The molecule has 0 aromatic rings. The lowest BCUT2D eigenvalue weighted by molar-refractivity contribution is 0.133. The lowest BCUT2D eigenvalue weighted by atomic mass is 10.8. The van der Waals surface area contributed by atoms with Crippen LogP contribution in [0.4, 0.5) is 0 Å². The lowest BCUT2D eigenvalue weighted by Gasteiger charge is -2.03. The normalized spacial score (nSPS) is 14.0. The van der Waals surface area contributed by atoms with Gasteiger partial charge in [0.15, 0.2) is 16.3 Å². The van der Waals surface area contributed by atoms with Gasteiger partial charge in [0.05, 0.1) is 6.61 Å². The van der Waals surface area contributed by atoms with Crippen LogP contribution in [-0.2, 0) is 4.74 Å². The van der Waals surface area contributed by atoms with Crippen molar-refractivity contribution in [3.8, 4) is 0 Å². The molecule has 0 spiro atoms. The Kier molecular flexibility index (Phi) is 5.48. The number of ether oxygens (including phenoxy) is 1. The Morgan fingerprint density at radius 3 is 2.57 bits per heavy atom. The maximum absolute atomic E-state index is 5.31. The smallest absolute Gasteiger partial charge is 0.170 e. The van der Waals surface area contributed by atoms with Crippen LogP contribution in [0.1, 0.15) is 6.92 Å². The second-order valence-electron chi connectivity index (χ2n) is 1.26. The van der Waals surface area contributed by atoms with Crippen LogP contribution < -0.4 is 0 Å². The summed E-state index contributed by atoms with van der Waals surface area (Å²) in [5.74, 6) is 0.582. The van der Waals surface area contributed by atoms with Gasteiger partial charge < -0.3 is 4.74 Å². The molecule has 0 aromatic heterocycles. The zero-order valence-electron chi connectivity index (χ0n) is 4.36. The summed E-state index contributed by atoms with van der Waals surface area (Å²) >= 11 is 7.84. The first kappa shape index (κ1) is 7.78. The Morgan fingerprint density at radius 1 is 1.86 bits per heavy atom. The highest BCUT2D eigenvalue weighted by Crippen LogP contribution is 1.83. The minimum absolute atomic E-state index is 0.235. The first-order valence-electron chi connectivity index (χ1n) is 2.20. The van der Waals surface area contributed by atoms with Crippen molar-refractivity contribution in [3.05, 3.63) is 0 Å². The summed E-state index contributed by atoms with van der Waals surface area (Å²) in [6.45, 7) is 2.60. The van der Waals surface area contributed by atoms with E-state index in [0.717, 1.165) is 0 Å². The van der Waals surface area contributed by atoms with E-state index in [-0.39, 0.29) is 4.97 Å². The molecule has 0 N–H and O–H groups in total. The topological polar surface area (TPSA) is 9.23 Å². The Labute approximate surface area is 57.4 Å². The third kappa shape index (κ3) is 6.78. The molecule has 0 fully saturated rings. The van der Waals surface area contributed by atoms with Gasteiger partial charge in [-0.15, -0.1) is 11.6 Å². The van der Waals surface area contributed by atoms with Crippen LogP contribution in [0.25, 0.3) is 0 Å². The number of halogens is 1. The van der Waals surface area contributed by atoms with Gasteiger partial charge in [0, 0.05) is 5.88 Å². The Balaban J connectivity index is 2.68. The van der Waals surface area contributed by atoms with Crippen LogP contribution in [0.15, 0.2) is 0 Å². The molecular weight excluding hydrogens is 126 g/mol. The fourth-order valence-electron chi connectivity index (χ4n) is 0.230. The van der Waals surface area contributed by atoms with Crippen molar-refractivity contribution in [2.75, 3.05) is 12.5 Å². The predicted molar refractivity (Wildman–Crippen MR) is 31.9 cm³/mol. The van der Waals surface area contributed by atoms with Crippen molar-refractivity contribution < 1.29 is 4.74 Å². The monoisotopic (exact) mass is 134 g/mol. The van der Waals surface area contributed by atoms with Crippen molar-refractivity contribution in [2.45, 2.75) is 11.9 Å². The Hall–Kier alpha value is 0.782. The fourth-order valence-corrected chi connectivity index (χ4v) is 0.456. The highest BCUT2D eigenvalue weighted by Gasteiger charge is 1.87. The second-order valence-corrected chi connectivity index (χ2v) is 2.58. The third-order valence-electron chi connectivity index (χ3n) is 0.458. The molecule has 1 unspecified atom stereocenters. The van der Waals surface area contributed by atoms with Gasteiger partial charge in [-0.25, -0.2) is 0 Å². The molecule has 1 nitrogen and oxygen atoms in total. The van der Waals surface area contributed by atoms with E-state index in [1.165, 1.54) is 0 Å². The van der Waals surface area contributed by atoms with E-state index in [1.807, 2.05) is 6.92 Å². The van der Waals surface area contributed by atoms with Crippen molar-refractivity contribution in [1.29, 1.82) is 0 Å². The van der Waals surface area contributed by atoms with Crippen molar-refractivity contribution in [1.82, 2.24) is 0 Å². The molecule has 0 aliphatic rings. The molecule has 0 aromatic carbocycles. The molecular formula is C4H8AlClO. The number of alkyl halides is 1. The lowest BCUT2D eigenvalue weighted by Crippen LogP contribution is -2.08. The van der Waals surface area contributed by atoms with Gasteiger partial charge in [-0.3, -0.25) is 0 Å². The molecule has 0 rings (SSSR count). The van der Waals surface area contributed by atoms with E-state index in [9.17, 15) is 0 Å². The second kappa shape index (κ2) is 4.93. The highest BCUT2D eigenvalue weighted by molar-refractivity contribution is 6.18. The highest BCUT2D eigenvalue weighted by atomic mass is 35.5. The molecule has 3 heteroatoms. The molecule has 0 aliphatic heterocycles. The number of hydrogen-bond acceptors (Lipinski definition) is 1. The molecule has 0 heterocycles. The van der Waals surface area contributed by atoms with E-state index in [0.29, 0.717) is 12.5 Å². The maximum Gasteiger partial charge on any atom is 0.170 e. The third-order valence-corrected chi connectivity index (χ3v) is 0.805. The number of hydrogen-bond donors (Lipinski definition) is 0. The average Bonchev–Trinajstić information content (AvgIpc) is 1.61. The zero-order chi connectivity index (χ0) is 5.70. The summed E-state index contributed by atoms with van der Waals surface area (Å²) in [6.07, 6.45) is 0. The van der Waals surface area contributed by atoms with Gasteiger partial charge in [0.2, 0.25) is 0 Å². The van der Waals surface area contributed by atoms with Crippen LogP contribution in [0.2, 0.25) is 0 Å². The SMILES string of the molecule is C[CH]([Al])OCCCl. The number of rotatable bonds is 3. The molecule has 0 aliphatic carbocycles. The first-order valence-corrected chi connectivity index (χ1v) is 3.40. The molecule has 0 saturated carbocycles. The molecule has 0 bridgehead atoms. The van der Waals surface area contributed by atoms with Gasteiger partial charge in [-0.05, 0) is 4.97 Å². The predicted octanol–water partition coefficient (Wildman–Crippen LogP) is 0.756. The summed E-state index contributed by atoms with van der Waals surface area (Å²) in [6, 6.07) is 0. The molecule has 0 saturated heterocycles. The van der Waals surface area contributed by atoms with Gasteiger partial charge in [0.1, 0.15) is 0 Å². The fraction of sp³-hybridized carbons (Fsp3) is 1.00. The van der Waals surface area contributed by atoms with Crippen molar-refractivity contribution in [2.24, 2.45) is 0 Å². The van der Waals surface area contributed by atoms with E-state index in [4.69, 9.17) is 16.3 Å². The molecule has 7 heavy (non-hydrogen) atoms. The van der Waals surface area contributed by atoms with Gasteiger partial charge in [0.25, 0.3) is 0 Å². The van der Waals surface area contributed by atoms with Gasteiger partial charge in [-0.2, -0.15) is 0 Å². The van der Waals surface area contributed by atoms with Crippen LogP contribution in [-0.4, -0.2) is 33.7 Å². The van der Waals surface area contributed by atoms with Crippen LogP contribution in [0.5, 0.6) is 0 Å². The van der Waals surface area contributed by atoms with Gasteiger partial charge in [-0.1, -0.05) is 6.92 Å². The minimum atomic E-state index is 0.235. The quantitative estimate of drug-likeness (QED) is 0.409. The van der Waals surface area contributed by atoms with E-state index < -0.39 is 0 Å². The van der Waals surface area contributed by atoms with Crippen LogP contribution >= 0.6 is 11.6 Å². The summed E-state index contributed by atoms with van der Waals surface area (Å²) < 4.78 is 5.02. The van der Waals surface area contributed by atoms with Crippen LogP contribution in [0.3, 0.4) is 0 Å². The van der Waals surface area contributed by atoms with E-state index >= 15 is 0 Å². The Bertz CT molecular complexity index is 40.7. The largest absolute Gasteiger partial charge is 0.395 e. The van der Waals surface area contributed by atoms with Crippen molar-refractivity contribution in [3.63, 3.8) is 0 Å². The minimum Gasteiger partial charge on any atom is -0.395 e. The summed E-state index contributed by atoms with van der Waals surface area (Å²) in [5.41, 5.74) is 0. The molecule has 2 radical (unpaired) electrons. The van der Waals surface area contributed by atoms with E-state index in [1.54, 1.807) is 0 Å². The summed E-state index contributed by atoms with van der Waals surface area (Å²) in [4.78, 5) is 0.235. The van der Waals surface area contributed by atoms with Crippen LogP contribution in [0, 0.1) is 0 Å². The summed E-state index contributed by atoms with van der Waals surface area (Å²) in [7, 11) is 0. The Morgan fingerprint density at radius 2 is 2.43 bits per heavy atom. The summed E-state index contributed by atoms with van der Waals surface area (Å²) in [5, 5.41) is 0. The molecule has 40 valence electrons. The van der Waals surface area contributed by atoms with Crippen molar-refractivity contribution >= 4 is 27.9 Å². The standard InChI is InChI=1S/C4H8ClO.Al/c1-2-6-4-3-5;/h2H,3-4H2,1H3;. The van der Waals surface area contributed by atoms with E-state index in [2.05, 4.69) is 16.3 Å². The zero-order valence-corrected chi connectivity index (χ0v) is 6.27. The first-order chi connectivity index (χ1) is 3.27.